The Morgan fingerprint density at radius 1 is 1.19 bits per heavy atom. The Hall–Kier alpha value is -3.15. The van der Waals surface area contributed by atoms with Crippen LogP contribution in [0, 0.1) is 18.3 Å². The summed E-state index contributed by atoms with van der Waals surface area (Å²) in [5, 5.41) is 13.6. The normalized spacial score (nSPS) is 14.4. The smallest absolute Gasteiger partial charge is 0.256 e. The molecule has 3 aromatic rings. The number of hydrogen-bond donors (Lipinski definition) is 0. The molecule has 8 heteroatoms. The number of benzene rings is 1. The first-order valence-electron chi connectivity index (χ1n) is 10.1. The molecule has 1 aliphatic rings. The summed E-state index contributed by atoms with van der Waals surface area (Å²) in [5.74, 6) is 1.39. The van der Waals surface area contributed by atoms with E-state index in [1.807, 2.05) is 48.2 Å². The van der Waals surface area contributed by atoms with Crippen LogP contribution >= 0.6 is 11.8 Å². The van der Waals surface area contributed by atoms with Gasteiger partial charge in [0.2, 0.25) is 0 Å². The van der Waals surface area contributed by atoms with E-state index in [0.29, 0.717) is 35.0 Å². The summed E-state index contributed by atoms with van der Waals surface area (Å²) in [6.07, 6.45) is 1.71. The van der Waals surface area contributed by atoms with Gasteiger partial charge >= 0.3 is 0 Å². The number of amides is 1. The number of aryl methyl sites for hydroxylation is 1. The van der Waals surface area contributed by atoms with E-state index in [1.165, 1.54) is 17.3 Å². The van der Waals surface area contributed by atoms with E-state index in [0.717, 1.165) is 31.1 Å². The van der Waals surface area contributed by atoms with Gasteiger partial charge in [-0.3, -0.25) is 9.69 Å². The maximum Gasteiger partial charge on any atom is 0.256 e. The van der Waals surface area contributed by atoms with Gasteiger partial charge in [-0.2, -0.15) is 5.26 Å². The second kappa shape index (κ2) is 9.77. The number of piperazine rings is 1. The molecule has 1 aliphatic heterocycles. The first kappa shape index (κ1) is 21.1. The van der Waals surface area contributed by atoms with Crippen LogP contribution in [0.4, 0.5) is 0 Å². The van der Waals surface area contributed by atoms with Gasteiger partial charge in [0.05, 0.1) is 22.9 Å². The van der Waals surface area contributed by atoms with Gasteiger partial charge in [-0.1, -0.05) is 29.1 Å². The van der Waals surface area contributed by atoms with Gasteiger partial charge in [-0.15, -0.1) is 0 Å². The summed E-state index contributed by atoms with van der Waals surface area (Å²) in [6, 6.07) is 15.4. The van der Waals surface area contributed by atoms with E-state index in [4.69, 9.17) is 9.78 Å². The second-order valence-electron chi connectivity index (χ2n) is 7.45. The largest absolute Gasteiger partial charge is 0.361 e. The van der Waals surface area contributed by atoms with E-state index in [1.54, 1.807) is 12.3 Å². The van der Waals surface area contributed by atoms with Gasteiger partial charge in [0.1, 0.15) is 10.8 Å². The molecule has 0 radical (unpaired) electrons. The highest BCUT2D eigenvalue weighted by atomic mass is 32.2. The zero-order valence-electron chi connectivity index (χ0n) is 17.3. The van der Waals surface area contributed by atoms with E-state index in [2.05, 4.69) is 21.1 Å². The molecule has 3 heterocycles. The van der Waals surface area contributed by atoms with Gasteiger partial charge in [0.25, 0.3) is 5.91 Å². The molecule has 1 fully saturated rings. The molecule has 0 bridgehead atoms. The fourth-order valence-corrected chi connectivity index (χ4v) is 4.39. The van der Waals surface area contributed by atoms with E-state index < -0.39 is 0 Å². The number of carbonyl (C=O) groups excluding carboxylic acids is 1. The van der Waals surface area contributed by atoms with Crippen LogP contribution in [0.5, 0.6) is 0 Å². The topological polar surface area (TPSA) is 86.3 Å². The van der Waals surface area contributed by atoms with Crippen LogP contribution in [0.2, 0.25) is 0 Å². The van der Waals surface area contributed by atoms with Gasteiger partial charge < -0.3 is 9.42 Å². The Kier molecular flexibility index (Phi) is 6.65. The minimum absolute atomic E-state index is 0.0185. The quantitative estimate of drug-likeness (QED) is 0.550. The molecule has 0 saturated carbocycles. The minimum atomic E-state index is 0.0185. The Morgan fingerprint density at radius 3 is 2.65 bits per heavy atom. The minimum Gasteiger partial charge on any atom is -0.361 e. The number of thioether (sulfide) groups is 1. The number of carbonyl (C=O) groups is 1. The number of aromatic nitrogens is 2. The molecule has 4 rings (SSSR count). The number of nitrogens with zero attached hydrogens (tertiary/aromatic N) is 5. The zero-order chi connectivity index (χ0) is 21.6. The predicted octanol–water partition coefficient (Wildman–Crippen LogP) is 3.50. The lowest BCUT2D eigenvalue weighted by Gasteiger charge is -2.35. The fourth-order valence-electron chi connectivity index (χ4n) is 3.52. The SMILES string of the molecule is Cc1cc(CSc2ncccc2C(=O)N2CCN(Cc3ccc(C#N)cc3)CC2)no1. The number of rotatable bonds is 6. The Labute approximate surface area is 185 Å². The number of pyridine rings is 1. The molecule has 31 heavy (non-hydrogen) atoms. The van der Waals surface area contributed by atoms with Crippen molar-refractivity contribution in [3.05, 3.63) is 76.8 Å². The van der Waals surface area contributed by atoms with Crippen molar-refractivity contribution in [1.82, 2.24) is 19.9 Å². The van der Waals surface area contributed by atoms with Crippen LogP contribution < -0.4 is 0 Å². The van der Waals surface area contributed by atoms with Crippen LogP contribution in [-0.4, -0.2) is 52.0 Å². The average Bonchev–Trinajstić information content (AvgIpc) is 3.23. The van der Waals surface area contributed by atoms with Crippen LogP contribution in [0.3, 0.4) is 0 Å². The van der Waals surface area contributed by atoms with Crippen LogP contribution in [0.1, 0.15) is 32.9 Å². The molecular weight excluding hydrogens is 410 g/mol. The van der Waals surface area contributed by atoms with E-state index >= 15 is 0 Å². The summed E-state index contributed by atoms with van der Waals surface area (Å²) in [7, 11) is 0. The van der Waals surface area contributed by atoms with Crippen LogP contribution in [0.25, 0.3) is 0 Å². The summed E-state index contributed by atoms with van der Waals surface area (Å²) in [4.78, 5) is 21.8. The van der Waals surface area contributed by atoms with Crippen molar-refractivity contribution >= 4 is 17.7 Å². The molecule has 2 aromatic heterocycles. The highest BCUT2D eigenvalue weighted by molar-refractivity contribution is 7.98. The maximum absolute atomic E-state index is 13.2. The van der Waals surface area contributed by atoms with E-state index in [-0.39, 0.29) is 5.91 Å². The third-order valence-corrected chi connectivity index (χ3v) is 6.22. The summed E-state index contributed by atoms with van der Waals surface area (Å²) >= 11 is 1.50. The van der Waals surface area contributed by atoms with Crippen molar-refractivity contribution in [3.63, 3.8) is 0 Å². The molecule has 0 aliphatic carbocycles. The lowest BCUT2D eigenvalue weighted by molar-refractivity contribution is 0.0624. The predicted molar refractivity (Wildman–Crippen MR) is 117 cm³/mol. The lowest BCUT2D eigenvalue weighted by Crippen LogP contribution is -2.48. The molecule has 158 valence electrons. The first-order valence-corrected chi connectivity index (χ1v) is 11.1. The summed E-state index contributed by atoms with van der Waals surface area (Å²) in [6.45, 7) is 5.66. The Balaban J connectivity index is 1.34. The second-order valence-corrected chi connectivity index (χ2v) is 8.41. The molecule has 0 N–H and O–H groups in total. The zero-order valence-corrected chi connectivity index (χ0v) is 18.1. The molecule has 7 nitrogen and oxygen atoms in total. The monoisotopic (exact) mass is 433 g/mol. The van der Waals surface area contributed by atoms with Crippen molar-refractivity contribution < 1.29 is 9.32 Å². The summed E-state index contributed by atoms with van der Waals surface area (Å²) < 4.78 is 5.11. The average molecular weight is 434 g/mol. The Morgan fingerprint density at radius 2 is 1.97 bits per heavy atom. The molecule has 0 unspecified atom stereocenters. The lowest BCUT2D eigenvalue weighted by atomic mass is 10.1. The number of nitriles is 1. The molecule has 1 amide bonds. The third-order valence-electron chi connectivity index (χ3n) is 5.18. The fraction of sp³-hybridized carbons (Fsp3) is 0.304. The van der Waals surface area contributed by atoms with Crippen LogP contribution in [0.15, 0.2) is 58.2 Å². The van der Waals surface area contributed by atoms with Gasteiger partial charge in [0.15, 0.2) is 0 Å². The first-order chi connectivity index (χ1) is 15.1. The molecule has 1 aromatic carbocycles. The van der Waals surface area contributed by atoms with E-state index in [9.17, 15) is 4.79 Å². The number of hydrogen-bond acceptors (Lipinski definition) is 7. The molecule has 0 atom stereocenters. The summed E-state index contributed by atoms with van der Waals surface area (Å²) in [5.41, 5.74) is 3.31. The van der Waals surface area contributed by atoms with Gasteiger partial charge in [-0.25, -0.2) is 4.98 Å². The standard InChI is InChI=1S/C23H23N5O2S/c1-17-13-20(26-30-17)16-31-22-21(3-2-8-25-22)23(29)28-11-9-27(10-12-28)15-19-6-4-18(14-24)5-7-19/h2-8,13H,9-12,15-16H2,1H3. The van der Waals surface area contributed by atoms with Gasteiger partial charge in [0, 0.05) is 50.7 Å². The molecule has 1 saturated heterocycles. The third kappa shape index (κ3) is 5.32. The van der Waals surface area contributed by atoms with Crippen molar-refractivity contribution in [3.8, 4) is 6.07 Å². The van der Waals surface area contributed by atoms with Crippen molar-refractivity contribution in [2.75, 3.05) is 26.2 Å². The highest BCUT2D eigenvalue weighted by Gasteiger charge is 2.24. The van der Waals surface area contributed by atoms with Gasteiger partial charge in [-0.05, 0) is 36.8 Å². The van der Waals surface area contributed by atoms with Crippen LogP contribution in [-0.2, 0) is 12.3 Å². The van der Waals surface area contributed by atoms with Crippen molar-refractivity contribution in [2.24, 2.45) is 0 Å². The van der Waals surface area contributed by atoms with Crippen molar-refractivity contribution in [1.29, 1.82) is 5.26 Å². The Bertz CT molecular complexity index is 1080. The van der Waals surface area contributed by atoms with Crippen molar-refractivity contribution in [2.45, 2.75) is 24.2 Å². The highest BCUT2D eigenvalue weighted by Crippen LogP contribution is 2.25. The molecular formula is C23H23N5O2S. The molecule has 0 spiro atoms. The maximum atomic E-state index is 13.2.